The first-order valence-corrected chi connectivity index (χ1v) is 7.53. The Balaban J connectivity index is 1.90. The van der Waals surface area contributed by atoms with Crippen LogP contribution < -0.4 is 5.73 Å². The molecule has 1 aromatic heterocycles. The lowest BCUT2D eigenvalue weighted by atomic mass is 10.0. The number of hydrogen-bond acceptors (Lipinski definition) is 3. The average Bonchev–Trinajstić information content (AvgIpc) is 2.75. The molecule has 0 radical (unpaired) electrons. The molecule has 2 heterocycles. The first-order valence-electron chi connectivity index (χ1n) is 7.53. The van der Waals surface area contributed by atoms with Gasteiger partial charge in [0.15, 0.2) is 5.82 Å². The third-order valence-corrected chi connectivity index (χ3v) is 4.27. The number of nitrogen functional groups attached to an aromatic ring is 1. The minimum atomic E-state index is 0.771. The van der Waals surface area contributed by atoms with Crippen LogP contribution in [0.3, 0.4) is 0 Å². The molecule has 0 atom stereocenters. The Morgan fingerprint density at radius 2 is 1.76 bits per heavy atom. The fraction of sp³-hybridized carbons (Fsp3) is 0.294. The molecule has 1 aliphatic heterocycles. The molecule has 0 bridgehead atoms. The molecule has 1 aliphatic rings. The highest BCUT2D eigenvalue weighted by Crippen LogP contribution is 2.31. The van der Waals surface area contributed by atoms with Crippen molar-refractivity contribution in [2.24, 2.45) is 0 Å². The van der Waals surface area contributed by atoms with E-state index in [1.165, 1.54) is 24.6 Å². The number of anilines is 1. The van der Waals surface area contributed by atoms with Gasteiger partial charge in [-0.3, -0.25) is 0 Å². The van der Waals surface area contributed by atoms with Gasteiger partial charge in [0.1, 0.15) is 5.82 Å². The minimum Gasteiger partial charge on any atom is -0.398 e. The number of nitrogens with zero attached hydrogens (tertiary/aromatic N) is 3. The number of hydrogen-bond donors (Lipinski definition) is 1. The van der Waals surface area contributed by atoms with E-state index in [9.17, 15) is 0 Å². The minimum absolute atomic E-state index is 0.771. The summed E-state index contributed by atoms with van der Waals surface area (Å²) in [5, 5.41) is 11.1. The predicted octanol–water partition coefficient (Wildman–Crippen LogP) is 3.41. The van der Waals surface area contributed by atoms with Crippen LogP contribution in [0.25, 0.3) is 22.2 Å². The molecule has 0 fully saturated rings. The molecule has 0 amide bonds. The van der Waals surface area contributed by atoms with E-state index in [1.54, 1.807) is 0 Å². The maximum atomic E-state index is 6.27. The molecule has 21 heavy (non-hydrogen) atoms. The Morgan fingerprint density at radius 3 is 2.62 bits per heavy atom. The van der Waals surface area contributed by atoms with Crippen LogP contribution in [0.4, 0.5) is 5.69 Å². The second kappa shape index (κ2) is 4.88. The highest BCUT2D eigenvalue weighted by Gasteiger charge is 2.17. The van der Waals surface area contributed by atoms with Gasteiger partial charge in [-0.1, -0.05) is 30.7 Å². The first-order chi connectivity index (χ1) is 10.3. The number of aromatic nitrogens is 3. The van der Waals surface area contributed by atoms with Crippen LogP contribution in [0.5, 0.6) is 0 Å². The van der Waals surface area contributed by atoms with Gasteiger partial charge in [0.25, 0.3) is 0 Å². The molecule has 2 aromatic carbocycles. The van der Waals surface area contributed by atoms with E-state index in [0.29, 0.717) is 0 Å². The Kier molecular flexibility index (Phi) is 2.88. The zero-order chi connectivity index (χ0) is 14.2. The van der Waals surface area contributed by atoms with Gasteiger partial charge in [0, 0.05) is 24.2 Å². The zero-order valence-electron chi connectivity index (χ0n) is 11.9. The summed E-state index contributed by atoms with van der Waals surface area (Å²) < 4.78 is 2.24. The fourth-order valence-corrected chi connectivity index (χ4v) is 3.14. The molecule has 3 aromatic rings. The summed E-state index contributed by atoms with van der Waals surface area (Å²) in [6.45, 7) is 0.990. The lowest BCUT2D eigenvalue weighted by Gasteiger charge is -2.10. The van der Waals surface area contributed by atoms with Gasteiger partial charge >= 0.3 is 0 Å². The normalized spacial score (nSPS) is 14.9. The molecular formula is C17H18N4. The molecule has 0 saturated heterocycles. The van der Waals surface area contributed by atoms with Crippen molar-refractivity contribution in [3.8, 4) is 11.4 Å². The van der Waals surface area contributed by atoms with Gasteiger partial charge in [0.2, 0.25) is 0 Å². The van der Waals surface area contributed by atoms with Crippen LogP contribution >= 0.6 is 0 Å². The van der Waals surface area contributed by atoms with E-state index < -0.39 is 0 Å². The molecule has 106 valence electrons. The maximum absolute atomic E-state index is 6.27. The Hall–Kier alpha value is -2.36. The predicted molar refractivity (Wildman–Crippen MR) is 84.9 cm³/mol. The number of aryl methyl sites for hydroxylation is 1. The summed E-state index contributed by atoms with van der Waals surface area (Å²) in [4.78, 5) is 0. The van der Waals surface area contributed by atoms with E-state index in [0.717, 1.165) is 41.3 Å². The Morgan fingerprint density at radius 1 is 0.952 bits per heavy atom. The third-order valence-electron chi connectivity index (χ3n) is 4.27. The van der Waals surface area contributed by atoms with Crippen molar-refractivity contribution in [2.45, 2.75) is 32.2 Å². The van der Waals surface area contributed by atoms with E-state index >= 15 is 0 Å². The van der Waals surface area contributed by atoms with Crippen molar-refractivity contribution in [2.75, 3.05) is 5.73 Å². The van der Waals surface area contributed by atoms with Crippen LogP contribution in [-0.4, -0.2) is 14.8 Å². The number of nitrogens with two attached hydrogens (primary N) is 1. The molecule has 4 heteroatoms. The van der Waals surface area contributed by atoms with Crippen LogP contribution in [-0.2, 0) is 13.0 Å². The quantitative estimate of drug-likeness (QED) is 0.694. The summed E-state index contributed by atoms with van der Waals surface area (Å²) >= 11 is 0. The maximum Gasteiger partial charge on any atom is 0.166 e. The highest BCUT2D eigenvalue weighted by molar-refractivity contribution is 5.92. The largest absolute Gasteiger partial charge is 0.398 e. The van der Waals surface area contributed by atoms with Crippen molar-refractivity contribution in [1.82, 2.24) is 14.8 Å². The number of fused-ring (bicyclic) bond motifs is 2. The first kappa shape index (κ1) is 12.4. The molecule has 0 unspecified atom stereocenters. The van der Waals surface area contributed by atoms with Crippen molar-refractivity contribution in [3.63, 3.8) is 0 Å². The van der Waals surface area contributed by atoms with Gasteiger partial charge in [-0.05, 0) is 35.7 Å². The third kappa shape index (κ3) is 2.07. The Bertz CT molecular complexity index is 804. The Labute approximate surface area is 123 Å². The molecule has 2 N–H and O–H groups in total. The van der Waals surface area contributed by atoms with Crippen molar-refractivity contribution < 1.29 is 0 Å². The SMILES string of the molecule is Nc1cc2ccccc2cc1-c1nnc2n1CCCCC2. The van der Waals surface area contributed by atoms with Gasteiger partial charge in [0.05, 0.1) is 0 Å². The average molecular weight is 278 g/mol. The monoisotopic (exact) mass is 278 g/mol. The summed E-state index contributed by atoms with van der Waals surface area (Å²) in [5.74, 6) is 2.00. The number of rotatable bonds is 1. The summed E-state index contributed by atoms with van der Waals surface area (Å²) in [7, 11) is 0. The summed E-state index contributed by atoms with van der Waals surface area (Å²) in [6.07, 6.45) is 4.66. The van der Waals surface area contributed by atoms with Gasteiger partial charge in [-0.25, -0.2) is 0 Å². The number of benzene rings is 2. The second-order valence-corrected chi connectivity index (χ2v) is 5.69. The van der Waals surface area contributed by atoms with E-state index in [1.807, 2.05) is 18.2 Å². The summed E-state index contributed by atoms with van der Waals surface area (Å²) in [6, 6.07) is 12.4. The van der Waals surface area contributed by atoms with Crippen molar-refractivity contribution in [3.05, 3.63) is 42.2 Å². The van der Waals surface area contributed by atoms with E-state index in [2.05, 4.69) is 33.0 Å². The van der Waals surface area contributed by atoms with Crippen LogP contribution in [0, 0.1) is 0 Å². The molecule has 0 saturated carbocycles. The lowest BCUT2D eigenvalue weighted by Crippen LogP contribution is -2.04. The molecular weight excluding hydrogens is 260 g/mol. The van der Waals surface area contributed by atoms with E-state index in [-0.39, 0.29) is 0 Å². The van der Waals surface area contributed by atoms with Crippen LogP contribution in [0.1, 0.15) is 25.1 Å². The molecule has 4 nitrogen and oxygen atoms in total. The second-order valence-electron chi connectivity index (χ2n) is 5.69. The fourth-order valence-electron chi connectivity index (χ4n) is 3.14. The van der Waals surface area contributed by atoms with Crippen LogP contribution in [0.15, 0.2) is 36.4 Å². The van der Waals surface area contributed by atoms with Gasteiger partial charge in [-0.2, -0.15) is 0 Å². The van der Waals surface area contributed by atoms with Gasteiger partial charge in [-0.15, -0.1) is 10.2 Å². The van der Waals surface area contributed by atoms with Crippen molar-refractivity contribution in [1.29, 1.82) is 0 Å². The summed E-state index contributed by atoms with van der Waals surface area (Å²) in [5.41, 5.74) is 8.04. The zero-order valence-corrected chi connectivity index (χ0v) is 11.9. The van der Waals surface area contributed by atoms with Crippen molar-refractivity contribution >= 4 is 16.5 Å². The van der Waals surface area contributed by atoms with Crippen LogP contribution in [0.2, 0.25) is 0 Å². The molecule has 4 rings (SSSR count). The lowest BCUT2D eigenvalue weighted by molar-refractivity contribution is 0.637. The smallest absolute Gasteiger partial charge is 0.166 e. The highest BCUT2D eigenvalue weighted by atomic mass is 15.3. The topological polar surface area (TPSA) is 56.7 Å². The standard InChI is InChI=1S/C17H18N4/c18-15-11-13-7-4-3-6-12(13)10-14(15)17-20-19-16-8-2-1-5-9-21(16)17/h3-4,6-7,10-11H,1-2,5,8-9,18H2. The van der Waals surface area contributed by atoms with E-state index in [4.69, 9.17) is 5.73 Å². The molecule has 0 aliphatic carbocycles. The van der Waals surface area contributed by atoms with Gasteiger partial charge < -0.3 is 10.3 Å². The molecule has 0 spiro atoms.